The molecule has 0 unspecified atom stereocenters. The zero-order chi connectivity index (χ0) is 30.2. The molecule has 0 aliphatic rings. The molecule has 0 saturated heterocycles. The van der Waals surface area contributed by atoms with Crippen LogP contribution in [0.25, 0.3) is 92.0 Å². The second-order valence-corrected chi connectivity index (χ2v) is 12.9. The van der Waals surface area contributed by atoms with Gasteiger partial charge in [-0.05, 0) is 64.4 Å². The van der Waals surface area contributed by atoms with E-state index in [0.717, 1.165) is 38.8 Å². The van der Waals surface area contributed by atoms with E-state index in [2.05, 4.69) is 156 Å². The van der Waals surface area contributed by atoms with E-state index in [4.69, 9.17) is 9.97 Å². The number of thiophene rings is 1. The maximum Gasteiger partial charge on any atom is 0.235 e. The van der Waals surface area contributed by atoms with Crippen LogP contribution in [0.1, 0.15) is 0 Å². The van der Waals surface area contributed by atoms with Crippen molar-refractivity contribution in [2.75, 3.05) is 0 Å². The largest absolute Gasteiger partial charge is 0.278 e. The van der Waals surface area contributed by atoms with Crippen LogP contribution in [0.3, 0.4) is 0 Å². The standard InChI is InChI=1S/C42H25N3S/c1-2-10-26(11-3-1)29-19-21-36-35(23-29)41(30-18-20-33-32-15-7-9-17-39(32)46-40(33)25-30)44-42(43-36)45-37-16-8-6-14-31(37)34-22-27-12-4-5-13-28(27)24-38(34)45/h1-25H. The van der Waals surface area contributed by atoms with Crippen molar-refractivity contribution in [1.82, 2.24) is 14.5 Å². The van der Waals surface area contributed by atoms with Crippen LogP contribution in [0, 0.1) is 0 Å². The van der Waals surface area contributed by atoms with E-state index in [9.17, 15) is 0 Å². The molecule has 7 aromatic carbocycles. The Balaban J connectivity index is 1.29. The SMILES string of the molecule is c1ccc(-c2ccc3nc(-n4c5ccccc5c5cc6ccccc6cc54)nc(-c4ccc5c(c4)sc4ccccc45)c3c2)cc1. The Hall–Kier alpha value is -5.84. The van der Waals surface area contributed by atoms with Crippen molar-refractivity contribution in [3.8, 4) is 28.3 Å². The van der Waals surface area contributed by atoms with E-state index in [1.807, 2.05) is 11.3 Å². The predicted molar refractivity (Wildman–Crippen MR) is 195 cm³/mol. The lowest BCUT2D eigenvalue weighted by molar-refractivity contribution is 1.01. The first-order chi connectivity index (χ1) is 22.8. The molecule has 0 radical (unpaired) electrons. The van der Waals surface area contributed by atoms with Gasteiger partial charge < -0.3 is 0 Å². The zero-order valence-corrected chi connectivity index (χ0v) is 25.5. The quantitative estimate of drug-likeness (QED) is 0.201. The van der Waals surface area contributed by atoms with Crippen molar-refractivity contribution >= 4 is 75.0 Å². The highest BCUT2D eigenvalue weighted by molar-refractivity contribution is 7.25. The molecule has 0 amide bonds. The second kappa shape index (κ2) is 9.83. The molecule has 0 saturated carbocycles. The first kappa shape index (κ1) is 25.5. The predicted octanol–water partition coefficient (Wildman–Crippen LogP) is 11.6. The van der Waals surface area contributed by atoms with Crippen LogP contribution in [0.2, 0.25) is 0 Å². The van der Waals surface area contributed by atoms with Crippen molar-refractivity contribution in [2.45, 2.75) is 0 Å². The first-order valence-electron chi connectivity index (χ1n) is 15.5. The minimum atomic E-state index is 0.674. The van der Waals surface area contributed by atoms with Crippen LogP contribution >= 0.6 is 11.3 Å². The van der Waals surface area contributed by atoms with Gasteiger partial charge in [0.1, 0.15) is 0 Å². The molecular weight excluding hydrogens is 579 g/mol. The highest BCUT2D eigenvalue weighted by atomic mass is 32.1. The van der Waals surface area contributed by atoms with Gasteiger partial charge in [0.25, 0.3) is 0 Å². The normalized spacial score (nSPS) is 11.9. The smallest absolute Gasteiger partial charge is 0.235 e. The molecular formula is C42H25N3S. The van der Waals surface area contributed by atoms with Crippen molar-refractivity contribution < 1.29 is 0 Å². The fraction of sp³-hybridized carbons (Fsp3) is 0. The highest BCUT2D eigenvalue weighted by Gasteiger charge is 2.19. The molecule has 0 spiro atoms. The fourth-order valence-corrected chi connectivity index (χ4v) is 8.14. The average Bonchev–Trinajstić information content (AvgIpc) is 3.65. The molecule has 10 rings (SSSR count). The Morgan fingerprint density at radius 2 is 1.13 bits per heavy atom. The topological polar surface area (TPSA) is 30.7 Å². The highest BCUT2D eigenvalue weighted by Crippen LogP contribution is 2.39. The van der Waals surface area contributed by atoms with Gasteiger partial charge in [0.2, 0.25) is 5.95 Å². The molecule has 46 heavy (non-hydrogen) atoms. The van der Waals surface area contributed by atoms with E-state index in [0.29, 0.717) is 5.95 Å². The van der Waals surface area contributed by atoms with E-state index in [1.165, 1.54) is 47.3 Å². The van der Waals surface area contributed by atoms with Gasteiger partial charge in [0, 0.05) is 41.9 Å². The number of benzene rings is 7. The number of hydrogen-bond donors (Lipinski definition) is 0. The molecule has 214 valence electrons. The summed E-state index contributed by atoms with van der Waals surface area (Å²) in [5, 5.41) is 8.43. The van der Waals surface area contributed by atoms with Crippen LogP contribution in [0.5, 0.6) is 0 Å². The van der Waals surface area contributed by atoms with Gasteiger partial charge in [-0.15, -0.1) is 11.3 Å². The van der Waals surface area contributed by atoms with Crippen LogP contribution in [-0.4, -0.2) is 14.5 Å². The summed E-state index contributed by atoms with van der Waals surface area (Å²) in [5.41, 5.74) is 7.46. The minimum absolute atomic E-state index is 0.674. The average molecular weight is 604 g/mol. The summed E-state index contributed by atoms with van der Waals surface area (Å²) in [7, 11) is 0. The molecule has 0 bridgehead atoms. The van der Waals surface area contributed by atoms with Crippen molar-refractivity contribution in [3.05, 3.63) is 152 Å². The molecule has 0 aliphatic heterocycles. The molecule has 0 fully saturated rings. The summed E-state index contributed by atoms with van der Waals surface area (Å²) in [4.78, 5) is 10.7. The van der Waals surface area contributed by atoms with E-state index < -0.39 is 0 Å². The van der Waals surface area contributed by atoms with Crippen LogP contribution in [0.15, 0.2) is 152 Å². The van der Waals surface area contributed by atoms with Crippen LogP contribution < -0.4 is 0 Å². The van der Waals surface area contributed by atoms with Gasteiger partial charge in [0.15, 0.2) is 0 Å². The van der Waals surface area contributed by atoms with Gasteiger partial charge in [-0.25, -0.2) is 9.97 Å². The Morgan fingerprint density at radius 1 is 0.413 bits per heavy atom. The van der Waals surface area contributed by atoms with Crippen molar-refractivity contribution in [2.24, 2.45) is 0 Å². The number of rotatable bonds is 3. The number of fused-ring (bicyclic) bond motifs is 8. The van der Waals surface area contributed by atoms with Crippen LogP contribution in [0.4, 0.5) is 0 Å². The molecule has 3 nitrogen and oxygen atoms in total. The van der Waals surface area contributed by atoms with Gasteiger partial charge >= 0.3 is 0 Å². The lowest BCUT2D eigenvalue weighted by Gasteiger charge is -2.13. The summed E-state index contributed by atoms with van der Waals surface area (Å²) in [6, 6.07) is 54.3. The van der Waals surface area contributed by atoms with Gasteiger partial charge in [-0.3, -0.25) is 4.57 Å². The minimum Gasteiger partial charge on any atom is -0.278 e. The van der Waals surface area contributed by atoms with E-state index in [-0.39, 0.29) is 0 Å². The first-order valence-corrected chi connectivity index (χ1v) is 16.3. The number of nitrogens with zero attached hydrogens (tertiary/aromatic N) is 3. The third-order valence-electron chi connectivity index (χ3n) is 9.18. The summed E-state index contributed by atoms with van der Waals surface area (Å²) in [5.74, 6) is 0.674. The molecule has 4 heteroatoms. The molecule has 0 N–H and O–H groups in total. The second-order valence-electron chi connectivity index (χ2n) is 11.8. The molecule has 3 heterocycles. The fourth-order valence-electron chi connectivity index (χ4n) is 6.99. The Bertz CT molecular complexity index is 2810. The molecule has 10 aromatic rings. The number of aromatic nitrogens is 3. The monoisotopic (exact) mass is 603 g/mol. The molecule has 3 aromatic heterocycles. The maximum atomic E-state index is 5.45. The van der Waals surface area contributed by atoms with E-state index in [1.54, 1.807) is 0 Å². The van der Waals surface area contributed by atoms with E-state index >= 15 is 0 Å². The summed E-state index contributed by atoms with van der Waals surface area (Å²) < 4.78 is 4.80. The molecule has 0 aliphatic carbocycles. The Kier molecular flexibility index (Phi) is 5.45. The number of hydrogen-bond acceptors (Lipinski definition) is 3. The summed E-state index contributed by atoms with van der Waals surface area (Å²) in [6.07, 6.45) is 0. The third-order valence-corrected chi connectivity index (χ3v) is 10.3. The summed E-state index contributed by atoms with van der Waals surface area (Å²) >= 11 is 1.83. The van der Waals surface area contributed by atoms with Crippen LogP contribution in [-0.2, 0) is 0 Å². The van der Waals surface area contributed by atoms with Crippen molar-refractivity contribution in [1.29, 1.82) is 0 Å². The third kappa shape index (κ3) is 3.84. The molecule has 0 atom stereocenters. The van der Waals surface area contributed by atoms with Crippen molar-refractivity contribution in [3.63, 3.8) is 0 Å². The summed E-state index contributed by atoms with van der Waals surface area (Å²) in [6.45, 7) is 0. The van der Waals surface area contributed by atoms with Gasteiger partial charge in [0.05, 0.1) is 22.2 Å². The van der Waals surface area contributed by atoms with Gasteiger partial charge in [-0.2, -0.15) is 0 Å². The lowest BCUT2D eigenvalue weighted by atomic mass is 10.00. The zero-order valence-electron chi connectivity index (χ0n) is 24.7. The Morgan fingerprint density at radius 3 is 2.02 bits per heavy atom. The lowest BCUT2D eigenvalue weighted by Crippen LogP contribution is -2.03. The van der Waals surface area contributed by atoms with Gasteiger partial charge in [-0.1, -0.05) is 109 Å². The maximum absolute atomic E-state index is 5.45. The number of para-hydroxylation sites is 1. The Labute approximate surface area is 268 Å².